The molecule has 1 saturated heterocycles. The van der Waals surface area contributed by atoms with E-state index in [1.807, 2.05) is 6.07 Å². The van der Waals surface area contributed by atoms with E-state index >= 15 is 0 Å². The maximum absolute atomic E-state index is 13.6. The average Bonchev–Trinajstić information content (AvgIpc) is 2.94. The van der Waals surface area contributed by atoms with Gasteiger partial charge >= 0.3 is 0 Å². The van der Waals surface area contributed by atoms with Crippen LogP contribution < -0.4 is 5.32 Å². The molecule has 2 aromatic rings. The van der Waals surface area contributed by atoms with Crippen molar-refractivity contribution in [2.45, 2.75) is 13.0 Å². The summed E-state index contributed by atoms with van der Waals surface area (Å²) in [6, 6.07) is 10.5. The summed E-state index contributed by atoms with van der Waals surface area (Å²) in [6.45, 7) is 0.461. The van der Waals surface area contributed by atoms with Crippen molar-refractivity contribution < 1.29 is 18.4 Å². The van der Waals surface area contributed by atoms with Gasteiger partial charge in [-0.15, -0.1) is 0 Å². The third-order valence-corrected chi connectivity index (χ3v) is 4.48. The molecule has 1 atom stereocenters. The first-order chi connectivity index (χ1) is 12.0. The van der Waals surface area contributed by atoms with Crippen LogP contribution in [-0.2, 0) is 16.1 Å². The van der Waals surface area contributed by atoms with Crippen LogP contribution in [0, 0.1) is 17.6 Å². The molecule has 0 spiro atoms. The van der Waals surface area contributed by atoms with Crippen LogP contribution in [0.1, 0.15) is 12.0 Å². The summed E-state index contributed by atoms with van der Waals surface area (Å²) >= 11 is 6.09. The van der Waals surface area contributed by atoms with Gasteiger partial charge in [-0.3, -0.25) is 9.59 Å². The second kappa shape index (κ2) is 7.19. The number of carbonyl (C=O) groups is 2. The standard InChI is InChI=1S/C18H15ClF2N2O2/c19-13-5-2-1-4-11(13)9-23-10-12(8-16(23)24)18(25)22-17-14(20)6-3-7-15(17)21/h1-7,12H,8-10H2,(H,22,25). The number of likely N-dealkylation sites (tertiary alicyclic amines) is 1. The van der Waals surface area contributed by atoms with E-state index in [-0.39, 0.29) is 25.4 Å². The number of hydrogen-bond acceptors (Lipinski definition) is 2. The van der Waals surface area contributed by atoms with Crippen LogP contribution >= 0.6 is 11.6 Å². The van der Waals surface area contributed by atoms with E-state index in [9.17, 15) is 18.4 Å². The van der Waals surface area contributed by atoms with E-state index in [0.717, 1.165) is 17.7 Å². The van der Waals surface area contributed by atoms with Crippen molar-refractivity contribution >= 4 is 29.1 Å². The number of amides is 2. The lowest BCUT2D eigenvalue weighted by Crippen LogP contribution is -2.28. The second-order valence-corrected chi connectivity index (χ2v) is 6.26. The predicted octanol–water partition coefficient (Wildman–Crippen LogP) is 3.61. The smallest absolute Gasteiger partial charge is 0.229 e. The van der Waals surface area contributed by atoms with Gasteiger partial charge in [0.1, 0.15) is 17.3 Å². The van der Waals surface area contributed by atoms with Crippen LogP contribution in [0.5, 0.6) is 0 Å². The van der Waals surface area contributed by atoms with Crippen molar-refractivity contribution in [1.82, 2.24) is 4.90 Å². The third kappa shape index (κ3) is 3.79. The van der Waals surface area contributed by atoms with Crippen molar-refractivity contribution in [1.29, 1.82) is 0 Å². The number of benzene rings is 2. The fourth-order valence-electron chi connectivity index (χ4n) is 2.78. The minimum Gasteiger partial charge on any atom is -0.337 e. The molecule has 2 aromatic carbocycles. The molecule has 25 heavy (non-hydrogen) atoms. The summed E-state index contributed by atoms with van der Waals surface area (Å²) in [6.07, 6.45) is -0.00758. The summed E-state index contributed by atoms with van der Waals surface area (Å²) in [5, 5.41) is 2.78. The fraction of sp³-hybridized carbons (Fsp3) is 0.222. The Morgan fingerprint density at radius 3 is 2.52 bits per heavy atom. The van der Waals surface area contributed by atoms with Gasteiger partial charge in [0.05, 0.1) is 5.92 Å². The van der Waals surface area contributed by atoms with E-state index in [2.05, 4.69) is 5.32 Å². The molecule has 3 rings (SSSR count). The lowest BCUT2D eigenvalue weighted by molar-refractivity contribution is -0.128. The highest BCUT2D eigenvalue weighted by molar-refractivity contribution is 6.31. The number of nitrogens with one attached hydrogen (secondary N) is 1. The van der Waals surface area contributed by atoms with Gasteiger partial charge in [0.2, 0.25) is 11.8 Å². The molecule has 2 amide bonds. The summed E-state index contributed by atoms with van der Waals surface area (Å²) < 4.78 is 27.3. The number of carbonyl (C=O) groups excluding carboxylic acids is 2. The molecule has 1 unspecified atom stereocenters. The van der Waals surface area contributed by atoms with Gasteiger partial charge in [0, 0.05) is 24.5 Å². The molecule has 1 N–H and O–H groups in total. The van der Waals surface area contributed by atoms with Crippen LogP contribution in [-0.4, -0.2) is 23.3 Å². The number of anilines is 1. The largest absolute Gasteiger partial charge is 0.337 e. The van der Waals surface area contributed by atoms with Crippen LogP contribution in [0.4, 0.5) is 14.5 Å². The van der Waals surface area contributed by atoms with Crippen LogP contribution in [0.25, 0.3) is 0 Å². The predicted molar refractivity (Wildman–Crippen MR) is 90.0 cm³/mol. The number of rotatable bonds is 4. The monoisotopic (exact) mass is 364 g/mol. The molecule has 130 valence electrons. The molecule has 0 radical (unpaired) electrons. The highest BCUT2D eigenvalue weighted by atomic mass is 35.5. The third-order valence-electron chi connectivity index (χ3n) is 4.12. The zero-order valence-corrected chi connectivity index (χ0v) is 13.9. The molecule has 1 aliphatic heterocycles. The molecule has 7 heteroatoms. The fourth-order valence-corrected chi connectivity index (χ4v) is 2.97. The highest BCUT2D eigenvalue weighted by Crippen LogP contribution is 2.25. The average molecular weight is 365 g/mol. The topological polar surface area (TPSA) is 49.4 Å². The molecular formula is C18H15ClF2N2O2. The summed E-state index contributed by atoms with van der Waals surface area (Å²) in [5.74, 6) is -3.17. The number of para-hydroxylation sites is 1. The molecule has 0 aliphatic carbocycles. The number of nitrogens with zero attached hydrogens (tertiary/aromatic N) is 1. The summed E-state index contributed by atoms with van der Waals surface area (Å²) in [4.78, 5) is 25.9. The normalized spacial score (nSPS) is 17.0. The van der Waals surface area contributed by atoms with Crippen LogP contribution in [0.2, 0.25) is 5.02 Å². The first-order valence-electron chi connectivity index (χ1n) is 7.71. The zero-order chi connectivity index (χ0) is 18.0. The molecule has 1 aliphatic rings. The Kier molecular flexibility index (Phi) is 4.99. The van der Waals surface area contributed by atoms with Crippen LogP contribution in [0.3, 0.4) is 0 Å². The van der Waals surface area contributed by atoms with E-state index in [1.54, 1.807) is 18.2 Å². The number of halogens is 3. The lowest BCUT2D eigenvalue weighted by Gasteiger charge is -2.17. The second-order valence-electron chi connectivity index (χ2n) is 5.85. The minimum atomic E-state index is -0.856. The van der Waals surface area contributed by atoms with Gasteiger partial charge in [-0.1, -0.05) is 35.9 Å². The quantitative estimate of drug-likeness (QED) is 0.901. The molecule has 4 nitrogen and oxygen atoms in total. The van der Waals surface area contributed by atoms with Crippen LogP contribution in [0.15, 0.2) is 42.5 Å². The van der Waals surface area contributed by atoms with Crippen molar-refractivity contribution in [3.05, 3.63) is 64.7 Å². The molecule has 1 fully saturated rings. The molecule has 0 bridgehead atoms. The van der Waals surface area contributed by atoms with E-state index in [1.165, 1.54) is 11.0 Å². The summed E-state index contributed by atoms with van der Waals surface area (Å²) in [7, 11) is 0. The molecule has 1 heterocycles. The van der Waals surface area contributed by atoms with E-state index in [4.69, 9.17) is 11.6 Å². The SMILES string of the molecule is O=C(Nc1c(F)cccc1F)C1CC(=O)N(Cc2ccccc2Cl)C1. The van der Waals surface area contributed by atoms with Gasteiger partial charge in [0.25, 0.3) is 0 Å². The van der Waals surface area contributed by atoms with E-state index < -0.39 is 29.1 Å². The van der Waals surface area contributed by atoms with Crippen molar-refractivity contribution in [3.63, 3.8) is 0 Å². The van der Waals surface area contributed by atoms with Gasteiger partial charge in [-0.05, 0) is 23.8 Å². The minimum absolute atomic E-state index is 0.00758. The Morgan fingerprint density at radius 2 is 1.84 bits per heavy atom. The molecule has 0 saturated carbocycles. The van der Waals surface area contributed by atoms with Gasteiger partial charge in [0.15, 0.2) is 0 Å². The van der Waals surface area contributed by atoms with Gasteiger partial charge in [-0.25, -0.2) is 8.78 Å². The maximum Gasteiger partial charge on any atom is 0.229 e. The Labute approximate surface area is 148 Å². The maximum atomic E-state index is 13.6. The summed E-state index contributed by atoms with van der Waals surface area (Å²) in [5.41, 5.74) is 0.281. The first-order valence-corrected chi connectivity index (χ1v) is 8.09. The molecule has 0 aromatic heterocycles. The first kappa shape index (κ1) is 17.4. The number of hydrogen-bond donors (Lipinski definition) is 1. The Balaban J connectivity index is 1.68. The van der Waals surface area contributed by atoms with Crippen molar-refractivity contribution in [3.8, 4) is 0 Å². The lowest BCUT2D eigenvalue weighted by atomic mass is 10.1. The van der Waals surface area contributed by atoms with Gasteiger partial charge < -0.3 is 10.2 Å². The van der Waals surface area contributed by atoms with Gasteiger partial charge in [-0.2, -0.15) is 0 Å². The Morgan fingerprint density at radius 1 is 1.16 bits per heavy atom. The zero-order valence-electron chi connectivity index (χ0n) is 13.1. The highest BCUT2D eigenvalue weighted by Gasteiger charge is 2.35. The molecular weight excluding hydrogens is 350 g/mol. The van der Waals surface area contributed by atoms with Crippen molar-refractivity contribution in [2.24, 2.45) is 5.92 Å². The Hall–Kier alpha value is -2.47. The Bertz CT molecular complexity index is 808. The van der Waals surface area contributed by atoms with E-state index in [0.29, 0.717) is 5.02 Å². The van der Waals surface area contributed by atoms with Crippen molar-refractivity contribution in [2.75, 3.05) is 11.9 Å².